The van der Waals surface area contributed by atoms with Crippen molar-refractivity contribution >= 4 is 29.9 Å². The number of benzene rings is 1. The predicted molar refractivity (Wildman–Crippen MR) is 113 cm³/mol. The molecule has 3 N–H and O–H groups in total. The second-order valence-corrected chi connectivity index (χ2v) is 7.65. The van der Waals surface area contributed by atoms with Crippen molar-refractivity contribution in [3.63, 3.8) is 0 Å². The average Bonchev–Trinajstić information content (AvgIpc) is 2.65. The Kier molecular flexibility index (Phi) is 8.76. The minimum absolute atomic E-state index is 0. The van der Waals surface area contributed by atoms with Gasteiger partial charge in [0.15, 0.2) is 0 Å². The topological polar surface area (TPSA) is 75.4 Å². The van der Waals surface area contributed by atoms with E-state index in [0.29, 0.717) is 30.9 Å². The van der Waals surface area contributed by atoms with Gasteiger partial charge in [0, 0.05) is 30.9 Å². The fourth-order valence-electron chi connectivity index (χ4n) is 3.54. The Morgan fingerprint density at radius 2 is 1.81 bits per heavy atom. The molecule has 6 heteroatoms. The Morgan fingerprint density at radius 3 is 2.30 bits per heavy atom. The molecule has 1 saturated heterocycles. The van der Waals surface area contributed by atoms with Gasteiger partial charge in [-0.15, -0.1) is 12.4 Å². The van der Waals surface area contributed by atoms with Gasteiger partial charge < -0.3 is 16.0 Å². The lowest BCUT2D eigenvalue weighted by Crippen LogP contribution is -2.41. The molecule has 0 aliphatic carbocycles. The zero-order valence-corrected chi connectivity index (χ0v) is 17.8. The largest absolute Gasteiger partial charge is 0.339 e. The number of carbonyl (C=O) groups is 2. The van der Waals surface area contributed by atoms with Crippen molar-refractivity contribution in [2.45, 2.75) is 53.4 Å². The van der Waals surface area contributed by atoms with Crippen LogP contribution < -0.4 is 11.1 Å². The molecule has 152 valence electrons. The highest BCUT2D eigenvalue weighted by atomic mass is 35.5. The first-order chi connectivity index (χ1) is 12.4. The molecule has 0 atom stereocenters. The van der Waals surface area contributed by atoms with Crippen molar-refractivity contribution in [1.82, 2.24) is 4.90 Å². The van der Waals surface area contributed by atoms with Gasteiger partial charge in [-0.1, -0.05) is 20.8 Å². The summed E-state index contributed by atoms with van der Waals surface area (Å²) in [5.74, 6) is 0.729. The van der Waals surface area contributed by atoms with Gasteiger partial charge in [-0.25, -0.2) is 0 Å². The van der Waals surface area contributed by atoms with Gasteiger partial charge in [0.2, 0.25) is 5.91 Å². The Bertz CT molecular complexity index is 643. The first-order valence-corrected chi connectivity index (χ1v) is 9.78. The molecule has 0 saturated carbocycles. The first kappa shape index (κ1) is 23.4. The lowest BCUT2D eigenvalue weighted by atomic mass is 9.81. The molecule has 1 aromatic rings. The third-order valence-corrected chi connectivity index (χ3v) is 6.02. The van der Waals surface area contributed by atoms with Gasteiger partial charge >= 0.3 is 0 Å². The molecule has 0 bridgehead atoms. The number of nitrogens with one attached hydrogen (secondary N) is 1. The highest BCUT2D eigenvalue weighted by Gasteiger charge is 2.33. The number of carbonyl (C=O) groups excluding carboxylic acids is 2. The molecule has 1 aliphatic rings. The molecule has 1 aromatic carbocycles. The van der Waals surface area contributed by atoms with Crippen LogP contribution in [-0.4, -0.2) is 36.3 Å². The summed E-state index contributed by atoms with van der Waals surface area (Å²) in [5.41, 5.74) is 7.66. The molecule has 1 aliphatic heterocycles. The van der Waals surface area contributed by atoms with E-state index in [1.807, 2.05) is 43.9 Å². The Labute approximate surface area is 169 Å². The number of rotatable bonds is 6. The molecular formula is C21H34ClN3O2. The van der Waals surface area contributed by atoms with Crippen LogP contribution in [0.25, 0.3) is 0 Å². The molecule has 5 nitrogen and oxygen atoms in total. The van der Waals surface area contributed by atoms with E-state index in [9.17, 15) is 9.59 Å². The molecule has 0 spiro atoms. The van der Waals surface area contributed by atoms with Crippen LogP contribution in [0, 0.1) is 18.3 Å². The van der Waals surface area contributed by atoms with Crippen molar-refractivity contribution in [2.75, 3.05) is 25.0 Å². The van der Waals surface area contributed by atoms with E-state index in [2.05, 4.69) is 12.2 Å². The maximum Gasteiger partial charge on any atom is 0.253 e. The summed E-state index contributed by atoms with van der Waals surface area (Å²) < 4.78 is 0. The molecular weight excluding hydrogens is 362 g/mol. The number of amides is 2. The number of anilines is 1. The van der Waals surface area contributed by atoms with Crippen molar-refractivity contribution in [2.24, 2.45) is 17.1 Å². The van der Waals surface area contributed by atoms with Crippen molar-refractivity contribution in [3.05, 3.63) is 29.3 Å². The average molecular weight is 396 g/mol. The van der Waals surface area contributed by atoms with Crippen LogP contribution in [0.5, 0.6) is 0 Å². The highest BCUT2D eigenvalue weighted by molar-refractivity contribution is 5.98. The van der Waals surface area contributed by atoms with Crippen molar-refractivity contribution in [1.29, 1.82) is 0 Å². The van der Waals surface area contributed by atoms with E-state index < -0.39 is 5.41 Å². The van der Waals surface area contributed by atoms with Gasteiger partial charge in [-0.3, -0.25) is 9.59 Å². The Hall–Kier alpha value is -1.59. The van der Waals surface area contributed by atoms with E-state index in [1.165, 1.54) is 0 Å². The van der Waals surface area contributed by atoms with Gasteiger partial charge in [0.05, 0.1) is 5.41 Å². The summed E-state index contributed by atoms with van der Waals surface area (Å²) in [5, 5.41) is 3.01. The number of halogens is 1. The SMILES string of the molecule is CCC(CC)(CN)C(=O)Nc1ccc(C(=O)N2CCC(C)CC2)cc1C.Cl. The van der Waals surface area contributed by atoms with E-state index >= 15 is 0 Å². The quantitative estimate of drug-likeness (QED) is 0.764. The Balaban J connectivity index is 0.00000364. The number of hydrogen-bond donors (Lipinski definition) is 2. The second-order valence-electron chi connectivity index (χ2n) is 7.65. The lowest BCUT2D eigenvalue weighted by Gasteiger charge is -2.30. The summed E-state index contributed by atoms with van der Waals surface area (Å²) in [4.78, 5) is 27.4. The zero-order chi connectivity index (χ0) is 19.3. The number of aryl methyl sites for hydroxylation is 1. The summed E-state index contributed by atoms with van der Waals surface area (Å²) in [6, 6.07) is 5.52. The Morgan fingerprint density at radius 1 is 1.22 bits per heavy atom. The molecule has 0 radical (unpaired) electrons. The van der Waals surface area contributed by atoms with Crippen molar-refractivity contribution < 1.29 is 9.59 Å². The number of hydrogen-bond acceptors (Lipinski definition) is 3. The standard InChI is InChI=1S/C21H33N3O2.ClH/c1-5-21(6-2,14-22)20(26)23-18-8-7-17(13-16(18)4)19(25)24-11-9-15(3)10-12-24;/h7-8,13,15H,5-6,9-12,14,22H2,1-4H3,(H,23,26);1H. The smallest absolute Gasteiger partial charge is 0.253 e. The van der Waals surface area contributed by atoms with Crippen LogP contribution in [0.3, 0.4) is 0 Å². The third-order valence-electron chi connectivity index (χ3n) is 6.02. The fraction of sp³-hybridized carbons (Fsp3) is 0.619. The molecule has 2 rings (SSSR count). The molecule has 1 heterocycles. The maximum absolute atomic E-state index is 12.7. The van der Waals surface area contributed by atoms with Crippen LogP contribution in [-0.2, 0) is 4.79 Å². The van der Waals surface area contributed by atoms with Crippen LogP contribution in [0.1, 0.15) is 62.4 Å². The zero-order valence-electron chi connectivity index (χ0n) is 17.0. The molecule has 0 unspecified atom stereocenters. The normalized spacial score (nSPS) is 15.2. The molecule has 1 fully saturated rings. The van der Waals surface area contributed by atoms with Gasteiger partial charge in [0.1, 0.15) is 0 Å². The first-order valence-electron chi connectivity index (χ1n) is 9.78. The van der Waals surface area contributed by atoms with Crippen LogP contribution in [0.2, 0.25) is 0 Å². The molecule has 2 amide bonds. The number of nitrogens with zero attached hydrogens (tertiary/aromatic N) is 1. The van der Waals surface area contributed by atoms with Gasteiger partial charge in [-0.05, 0) is 62.3 Å². The third kappa shape index (κ3) is 5.23. The van der Waals surface area contributed by atoms with E-state index in [1.54, 1.807) is 0 Å². The second kappa shape index (κ2) is 10.1. The fourth-order valence-corrected chi connectivity index (χ4v) is 3.54. The number of likely N-dealkylation sites (tertiary alicyclic amines) is 1. The van der Waals surface area contributed by atoms with E-state index in [-0.39, 0.29) is 24.2 Å². The van der Waals surface area contributed by atoms with E-state index in [4.69, 9.17) is 5.73 Å². The minimum atomic E-state index is -0.536. The van der Waals surface area contributed by atoms with Gasteiger partial charge in [0.25, 0.3) is 5.91 Å². The summed E-state index contributed by atoms with van der Waals surface area (Å²) in [6.07, 6.45) is 3.53. The van der Waals surface area contributed by atoms with Crippen LogP contribution >= 0.6 is 12.4 Å². The number of piperidine rings is 1. The molecule has 27 heavy (non-hydrogen) atoms. The van der Waals surface area contributed by atoms with Crippen LogP contribution in [0.4, 0.5) is 5.69 Å². The highest BCUT2D eigenvalue weighted by Crippen LogP contribution is 2.28. The lowest BCUT2D eigenvalue weighted by molar-refractivity contribution is -0.125. The summed E-state index contributed by atoms with van der Waals surface area (Å²) >= 11 is 0. The van der Waals surface area contributed by atoms with Crippen LogP contribution in [0.15, 0.2) is 18.2 Å². The van der Waals surface area contributed by atoms with E-state index in [0.717, 1.165) is 37.2 Å². The van der Waals surface area contributed by atoms with Crippen molar-refractivity contribution in [3.8, 4) is 0 Å². The minimum Gasteiger partial charge on any atom is -0.339 e. The number of nitrogens with two attached hydrogens (primary N) is 1. The summed E-state index contributed by atoms with van der Waals surface area (Å²) in [7, 11) is 0. The molecule has 0 aromatic heterocycles. The summed E-state index contributed by atoms with van der Waals surface area (Å²) in [6.45, 7) is 10.1. The maximum atomic E-state index is 12.7. The monoisotopic (exact) mass is 395 g/mol. The van der Waals surface area contributed by atoms with Gasteiger partial charge in [-0.2, -0.15) is 0 Å². The predicted octanol–water partition coefficient (Wildman–Crippen LogP) is 3.99.